The topological polar surface area (TPSA) is 0 Å². The summed E-state index contributed by atoms with van der Waals surface area (Å²) in [7, 11) is 0. The Balaban J connectivity index is 1.32. The van der Waals surface area contributed by atoms with E-state index >= 15 is 39.5 Å². The van der Waals surface area contributed by atoms with Crippen molar-refractivity contribution in [3.8, 4) is 66.8 Å². The van der Waals surface area contributed by atoms with Crippen molar-refractivity contribution in [3.05, 3.63) is 165 Å². The number of hydrogen-bond donors (Lipinski definition) is 0. The summed E-state index contributed by atoms with van der Waals surface area (Å²) >= 11 is 0. The molecule has 0 spiro atoms. The van der Waals surface area contributed by atoms with E-state index < -0.39 is 70.3 Å². The maximum absolute atomic E-state index is 15.9. The average Bonchev–Trinajstić information content (AvgIpc) is 1.66. The first kappa shape index (κ1) is 61.3. The molecule has 4 aliphatic rings. The van der Waals surface area contributed by atoms with Gasteiger partial charge in [-0.3, -0.25) is 0 Å². The monoisotopic (exact) mass is 1230 g/mol. The maximum atomic E-state index is 15.9. The highest BCUT2D eigenvalue weighted by Crippen LogP contribution is 2.57. The number of rotatable bonds is 2. The molecule has 0 N–H and O–H groups in total. The lowest BCUT2D eigenvalue weighted by Crippen LogP contribution is -2.53. The highest BCUT2D eigenvalue weighted by molar-refractivity contribution is 7.03. The molecule has 0 saturated heterocycles. The van der Waals surface area contributed by atoms with E-state index in [4.69, 9.17) is 0 Å². The predicted octanol–water partition coefficient (Wildman–Crippen LogP) is 20.0. The van der Waals surface area contributed by atoms with Crippen LogP contribution in [0.4, 0.5) is 39.5 Å². The zero-order chi connectivity index (χ0) is 66.0. The Kier molecular flexibility index (Phi) is 12.5. The summed E-state index contributed by atoms with van der Waals surface area (Å²) in [6, 6.07) is 32.4. The normalized spacial score (nSPS) is 14.8. The quantitative estimate of drug-likeness (QED) is 0.0919. The van der Waals surface area contributed by atoms with Gasteiger partial charge in [-0.1, -0.05) is 230 Å². The van der Waals surface area contributed by atoms with Crippen LogP contribution in [0.5, 0.6) is 0 Å². The molecule has 464 valence electrons. The van der Waals surface area contributed by atoms with Crippen LogP contribution in [-0.2, 0) is 51.0 Å². The first-order valence-corrected chi connectivity index (χ1v) is 31.8. The van der Waals surface area contributed by atoms with Gasteiger partial charge in [0.15, 0.2) is 0 Å². The predicted molar refractivity (Wildman–Crippen MR) is 364 cm³/mol. The molecule has 0 radical (unpaired) electrons. The fraction of sp³-hybridized carbons (Fsp3) is 0.350. The van der Waals surface area contributed by atoms with Gasteiger partial charge in [-0.15, -0.1) is 0 Å². The highest BCUT2D eigenvalue weighted by Gasteiger charge is 2.49. The number of fused-ring (bicyclic) bond motifs is 10. The van der Waals surface area contributed by atoms with Gasteiger partial charge in [0.05, 0.1) is 16.7 Å². The van der Waals surface area contributed by atoms with Crippen LogP contribution in [0.3, 0.4) is 0 Å². The Bertz CT molecular complexity index is 4720. The van der Waals surface area contributed by atoms with E-state index in [0.29, 0.717) is 38.6 Å². The molecule has 91 heavy (non-hydrogen) atoms. The molecule has 0 aliphatic carbocycles. The zero-order valence-electron chi connectivity index (χ0n) is 55.4. The summed E-state index contributed by atoms with van der Waals surface area (Å²) in [5.41, 5.74) is 13.1. The first-order chi connectivity index (χ1) is 41.7. The van der Waals surface area contributed by atoms with Crippen molar-refractivity contribution in [2.24, 2.45) is 0 Å². The van der Waals surface area contributed by atoms with E-state index in [0.717, 1.165) is 134 Å². The number of halogens is 9. The van der Waals surface area contributed by atoms with Crippen LogP contribution in [0, 0.1) is 6.92 Å². The molecule has 0 nitrogen and oxygen atoms in total. The van der Waals surface area contributed by atoms with E-state index in [1.165, 1.54) is 24.3 Å². The second-order valence-corrected chi connectivity index (χ2v) is 33.1. The van der Waals surface area contributed by atoms with E-state index in [-0.39, 0.29) is 27.5 Å². The molecule has 10 aromatic rings. The van der Waals surface area contributed by atoms with Gasteiger partial charge in [-0.05, 0) is 214 Å². The second-order valence-electron chi connectivity index (χ2n) is 33.1. The fourth-order valence-electron chi connectivity index (χ4n) is 16.1. The summed E-state index contributed by atoms with van der Waals surface area (Å²) in [4.78, 5) is 0. The lowest BCUT2D eigenvalue weighted by molar-refractivity contribution is -0.138. The van der Waals surface area contributed by atoms with Crippen LogP contribution in [0.2, 0.25) is 0 Å². The molecule has 11 heteroatoms. The average molecular weight is 1230 g/mol. The molecular formula is C80H75B2F9. The molecule has 0 bridgehead atoms. The van der Waals surface area contributed by atoms with Crippen molar-refractivity contribution in [1.82, 2.24) is 0 Å². The maximum Gasteiger partial charge on any atom is 0.416 e. The summed E-state index contributed by atoms with van der Waals surface area (Å²) in [5.74, 6) is 0. The number of hydrogen-bond acceptors (Lipinski definition) is 0. The SMILES string of the molecule is Cc1ccc2c(c1)-c1cc(C(F)(F)F)cc3c1B2c1cc2c(-c4c(C(C)(C)C)cc(C(C)(C)C)cc4C(C)(C)C)cc4c5c(cc6c(-c7c(C(C)(C)C)cc(C(C)(C)C)cc7C(C)(C)C)cc-3c1c6c25)B1c2ccc(C(F)(F)F)cc2-c2cc(C(F)(F)F)cc-4c21. The lowest BCUT2D eigenvalue weighted by Gasteiger charge is -2.37. The summed E-state index contributed by atoms with van der Waals surface area (Å²) < 4.78 is 141. The molecule has 0 fully saturated rings. The molecule has 14 rings (SSSR count). The van der Waals surface area contributed by atoms with Crippen LogP contribution in [0.15, 0.2) is 109 Å². The molecule has 0 saturated carbocycles. The molecule has 0 atom stereocenters. The molecule has 10 aromatic carbocycles. The van der Waals surface area contributed by atoms with Gasteiger partial charge >= 0.3 is 18.5 Å². The van der Waals surface area contributed by atoms with Crippen LogP contribution in [0.1, 0.15) is 180 Å². The molecule has 0 unspecified atom stereocenters. The van der Waals surface area contributed by atoms with E-state index in [1.807, 2.05) is 19.1 Å². The minimum atomic E-state index is -4.90. The van der Waals surface area contributed by atoms with Crippen LogP contribution in [-0.4, -0.2) is 13.4 Å². The molecular weight excluding hydrogens is 1150 g/mol. The van der Waals surface area contributed by atoms with Crippen LogP contribution in [0.25, 0.3) is 99.1 Å². The van der Waals surface area contributed by atoms with Gasteiger partial charge in [-0.2, -0.15) is 39.5 Å². The van der Waals surface area contributed by atoms with E-state index in [1.54, 1.807) is 0 Å². The van der Waals surface area contributed by atoms with Crippen LogP contribution >= 0.6 is 0 Å². The van der Waals surface area contributed by atoms with Gasteiger partial charge in [0.1, 0.15) is 0 Å². The summed E-state index contributed by atoms with van der Waals surface area (Å²) in [5, 5.41) is 4.63. The third kappa shape index (κ3) is 9.00. The van der Waals surface area contributed by atoms with E-state index in [9.17, 15) is 0 Å². The minimum absolute atomic E-state index is 0.0947. The number of benzene rings is 10. The van der Waals surface area contributed by atoms with Crippen LogP contribution < -0.4 is 32.8 Å². The lowest BCUT2D eigenvalue weighted by atomic mass is 9.34. The Morgan fingerprint density at radius 2 is 0.560 bits per heavy atom. The molecule has 4 aliphatic heterocycles. The Hall–Kier alpha value is -7.26. The summed E-state index contributed by atoms with van der Waals surface area (Å²) in [6.45, 7) is 40.1. The molecule has 4 heterocycles. The van der Waals surface area contributed by atoms with E-state index in [2.05, 4.69) is 179 Å². The largest absolute Gasteiger partial charge is 0.416 e. The van der Waals surface area contributed by atoms with Gasteiger partial charge in [0.2, 0.25) is 13.4 Å². The first-order valence-electron chi connectivity index (χ1n) is 31.8. The van der Waals surface area contributed by atoms with Crippen molar-refractivity contribution < 1.29 is 39.5 Å². The van der Waals surface area contributed by atoms with Crippen molar-refractivity contribution in [3.63, 3.8) is 0 Å². The third-order valence-electron chi connectivity index (χ3n) is 20.5. The third-order valence-corrected chi connectivity index (χ3v) is 20.5. The summed E-state index contributed by atoms with van der Waals surface area (Å²) in [6.07, 6.45) is -14.4. The van der Waals surface area contributed by atoms with Gasteiger partial charge in [0, 0.05) is 0 Å². The fourth-order valence-corrected chi connectivity index (χ4v) is 16.1. The van der Waals surface area contributed by atoms with Gasteiger partial charge < -0.3 is 0 Å². The van der Waals surface area contributed by atoms with Crippen molar-refractivity contribution in [2.45, 2.75) is 183 Å². The second kappa shape index (κ2) is 18.5. The van der Waals surface area contributed by atoms with Crippen molar-refractivity contribution in [1.29, 1.82) is 0 Å². The smallest absolute Gasteiger partial charge is 0.166 e. The van der Waals surface area contributed by atoms with Gasteiger partial charge in [0.25, 0.3) is 0 Å². The standard InChI is InChI=1S/C80H75B2F9/c1-38-20-22-60-44(24-38)52-26-42(79(86,87)88)28-54-48-34-46(64-56(74(8,9)10)30-40(72(2,3)4)31-57(64)75(11,12)13)51-37-63-67-49(55-29-43(80(89,90)91)27-53-45-25-39(78(83,84)85)21-23-61(45)82(63)71(53)55)35-47(50-36-62(81(60)70(52)54)66(48)68(51)69(50)67)65-58(76(14,15)16)32-41(73(5,6)7)33-59(65)77(17,18)19/h20-37H,1-19H3. The Labute approximate surface area is 529 Å². The van der Waals surface area contributed by atoms with Gasteiger partial charge in [-0.25, -0.2) is 0 Å². The number of alkyl halides is 9. The zero-order valence-corrected chi connectivity index (χ0v) is 55.4. The molecule has 0 amide bonds. The Morgan fingerprint density at radius 1 is 0.253 bits per heavy atom. The molecule has 0 aromatic heterocycles. The minimum Gasteiger partial charge on any atom is -0.166 e. The Morgan fingerprint density at radius 3 is 0.879 bits per heavy atom. The highest BCUT2D eigenvalue weighted by atomic mass is 19.4. The van der Waals surface area contributed by atoms with Crippen molar-refractivity contribution >= 4 is 78.5 Å². The number of aryl methyl sites for hydroxylation is 1. The van der Waals surface area contributed by atoms with Crippen molar-refractivity contribution in [2.75, 3.05) is 0 Å².